The van der Waals surface area contributed by atoms with Crippen LogP contribution in [-0.4, -0.2) is 20.1 Å². The minimum Gasteiger partial charge on any atom is -0.338 e. The van der Waals surface area contributed by atoms with Crippen molar-refractivity contribution in [1.82, 2.24) is 20.1 Å². The lowest BCUT2D eigenvalue weighted by Gasteiger charge is -2.03. The summed E-state index contributed by atoms with van der Waals surface area (Å²) in [7, 11) is 0. The van der Waals surface area contributed by atoms with Gasteiger partial charge in [0.25, 0.3) is 5.56 Å². The molecule has 2 aromatic heterocycles. The fourth-order valence-corrected chi connectivity index (χ4v) is 3.13. The van der Waals surface area contributed by atoms with Crippen molar-refractivity contribution in [2.45, 2.75) is 10.9 Å². The molecule has 0 fully saturated rings. The fourth-order valence-electron chi connectivity index (χ4n) is 2.42. The normalized spacial score (nSPS) is 10.9. The molecule has 8 heteroatoms. The number of H-pyrrole nitrogens is 1. The molecular formula is C19H13FN4O2S. The summed E-state index contributed by atoms with van der Waals surface area (Å²) in [5.74, 6) is 0.945. The van der Waals surface area contributed by atoms with Gasteiger partial charge in [0, 0.05) is 17.2 Å². The van der Waals surface area contributed by atoms with E-state index in [2.05, 4.69) is 20.1 Å². The number of nitrogens with one attached hydrogen (secondary N) is 1. The summed E-state index contributed by atoms with van der Waals surface area (Å²) in [5, 5.41) is 4.38. The van der Waals surface area contributed by atoms with Crippen LogP contribution in [0.5, 0.6) is 0 Å². The molecule has 0 atom stereocenters. The molecule has 0 aliphatic rings. The number of nitrogens with zero attached hydrogens (tertiary/aromatic N) is 3. The van der Waals surface area contributed by atoms with E-state index in [-0.39, 0.29) is 11.4 Å². The zero-order valence-corrected chi connectivity index (χ0v) is 14.7. The van der Waals surface area contributed by atoms with Crippen molar-refractivity contribution in [3.8, 4) is 22.6 Å². The van der Waals surface area contributed by atoms with Crippen LogP contribution in [0, 0.1) is 5.82 Å². The van der Waals surface area contributed by atoms with E-state index in [1.54, 1.807) is 12.1 Å². The lowest BCUT2D eigenvalue weighted by atomic mass is 10.1. The number of rotatable bonds is 5. The molecule has 134 valence electrons. The number of benzene rings is 2. The fraction of sp³-hybridized carbons (Fsp3) is 0.0526. The minimum atomic E-state index is -0.344. The van der Waals surface area contributed by atoms with Gasteiger partial charge in [0.05, 0.1) is 11.4 Å². The minimum absolute atomic E-state index is 0.290. The van der Waals surface area contributed by atoms with Gasteiger partial charge in [-0.2, -0.15) is 4.98 Å². The van der Waals surface area contributed by atoms with Crippen LogP contribution in [-0.2, 0) is 5.75 Å². The van der Waals surface area contributed by atoms with Crippen LogP contribution in [0.4, 0.5) is 4.39 Å². The van der Waals surface area contributed by atoms with E-state index < -0.39 is 0 Å². The molecule has 27 heavy (non-hydrogen) atoms. The molecule has 4 rings (SSSR count). The molecule has 0 amide bonds. The number of hydrogen-bond acceptors (Lipinski definition) is 6. The second kappa shape index (κ2) is 7.55. The Labute approximate surface area is 157 Å². The molecular weight excluding hydrogens is 367 g/mol. The smallest absolute Gasteiger partial charge is 0.252 e. The first kappa shape index (κ1) is 17.2. The molecule has 0 bridgehead atoms. The molecule has 0 aliphatic carbocycles. The lowest BCUT2D eigenvalue weighted by Crippen LogP contribution is -2.08. The van der Waals surface area contributed by atoms with E-state index in [9.17, 15) is 9.18 Å². The Morgan fingerprint density at radius 3 is 2.56 bits per heavy atom. The van der Waals surface area contributed by atoms with Gasteiger partial charge in [-0.3, -0.25) is 4.79 Å². The maximum absolute atomic E-state index is 13.1. The van der Waals surface area contributed by atoms with Crippen molar-refractivity contribution >= 4 is 11.8 Å². The average molecular weight is 380 g/mol. The van der Waals surface area contributed by atoms with E-state index in [0.717, 1.165) is 5.56 Å². The highest BCUT2D eigenvalue weighted by Crippen LogP contribution is 2.23. The summed E-state index contributed by atoms with van der Waals surface area (Å²) in [4.78, 5) is 23.3. The van der Waals surface area contributed by atoms with Crippen LogP contribution in [0.1, 0.15) is 5.89 Å². The molecule has 0 spiro atoms. The molecule has 6 nitrogen and oxygen atoms in total. The molecule has 1 N–H and O–H groups in total. The quantitative estimate of drug-likeness (QED) is 0.417. The van der Waals surface area contributed by atoms with Crippen molar-refractivity contribution < 1.29 is 8.91 Å². The lowest BCUT2D eigenvalue weighted by molar-refractivity contribution is 0.391. The third kappa shape index (κ3) is 4.12. The zero-order chi connectivity index (χ0) is 18.6. The van der Waals surface area contributed by atoms with Crippen LogP contribution in [0.25, 0.3) is 22.6 Å². The molecule has 0 saturated heterocycles. The van der Waals surface area contributed by atoms with E-state index >= 15 is 0 Å². The van der Waals surface area contributed by atoms with Gasteiger partial charge in [0.15, 0.2) is 5.16 Å². The van der Waals surface area contributed by atoms with Gasteiger partial charge in [-0.15, -0.1) is 0 Å². The predicted octanol–water partition coefficient (Wildman–Crippen LogP) is 3.92. The highest BCUT2D eigenvalue weighted by Gasteiger charge is 2.11. The summed E-state index contributed by atoms with van der Waals surface area (Å²) >= 11 is 1.27. The van der Waals surface area contributed by atoms with E-state index in [4.69, 9.17) is 4.52 Å². The monoisotopic (exact) mass is 380 g/mol. The number of halogens is 1. The van der Waals surface area contributed by atoms with E-state index in [1.807, 2.05) is 30.3 Å². The van der Waals surface area contributed by atoms with Gasteiger partial charge < -0.3 is 9.51 Å². The van der Waals surface area contributed by atoms with Crippen LogP contribution in [0.2, 0.25) is 0 Å². The molecule has 2 heterocycles. The Morgan fingerprint density at radius 1 is 1.00 bits per heavy atom. The Hall–Kier alpha value is -3.26. The predicted molar refractivity (Wildman–Crippen MR) is 99.5 cm³/mol. The molecule has 0 saturated carbocycles. The van der Waals surface area contributed by atoms with Gasteiger partial charge in [-0.05, 0) is 24.3 Å². The maximum atomic E-state index is 13.1. The van der Waals surface area contributed by atoms with Crippen molar-refractivity contribution in [3.63, 3.8) is 0 Å². The SMILES string of the molecule is O=c1cc(-c2ccc(F)cc2)nc(SCc2nc(-c3ccccc3)no2)[nH]1. The summed E-state index contributed by atoms with van der Waals surface area (Å²) in [5.41, 5.74) is 1.70. The summed E-state index contributed by atoms with van der Waals surface area (Å²) < 4.78 is 18.3. The first-order valence-corrected chi connectivity index (χ1v) is 9.04. The number of hydrogen-bond donors (Lipinski definition) is 1. The molecule has 0 aliphatic heterocycles. The first-order chi connectivity index (χ1) is 13.2. The average Bonchev–Trinajstić information content (AvgIpc) is 3.16. The molecule has 0 radical (unpaired) electrons. The van der Waals surface area contributed by atoms with Gasteiger partial charge in [-0.25, -0.2) is 9.37 Å². The van der Waals surface area contributed by atoms with E-state index in [1.165, 1.54) is 30.0 Å². The zero-order valence-electron chi connectivity index (χ0n) is 13.9. The van der Waals surface area contributed by atoms with Gasteiger partial charge in [-0.1, -0.05) is 47.3 Å². The summed E-state index contributed by atoms with van der Waals surface area (Å²) in [6.07, 6.45) is 0. The Kier molecular flexibility index (Phi) is 4.80. The second-order valence-corrected chi connectivity index (χ2v) is 6.57. The topological polar surface area (TPSA) is 84.7 Å². The highest BCUT2D eigenvalue weighted by molar-refractivity contribution is 7.98. The Bertz CT molecular complexity index is 1110. The van der Waals surface area contributed by atoms with Gasteiger partial charge in [0.2, 0.25) is 11.7 Å². The molecule has 0 unspecified atom stereocenters. The van der Waals surface area contributed by atoms with Crippen LogP contribution >= 0.6 is 11.8 Å². The standard InChI is InChI=1S/C19H13FN4O2S/c20-14-8-6-12(7-9-14)15-10-16(25)22-19(21-15)27-11-17-23-18(24-26-17)13-4-2-1-3-5-13/h1-10H,11H2,(H,21,22,25). The van der Waals surface area contributed by atoms with Crippen molar-refractivity contribution in [1.29, 1.82) is 0 Å². The number of aromatic amines is 1. The van der Waals surface area contributed by atoms with Crippen molar-refractivity contribution in [3.05, 3.63) is 82.7 Å². The number of thioether (sulfide) groups is 1. The van der Waals surface area contributed by atoms with Gasteiger partial charge in [0.1, 0.15) is 5.82 Å². The van der Waals surface area contributed by atoms with Crippen LogP contribution < -0.4 is 5.56 Å². The third-order valence-corrected chi connectivity index (χ3v) is 4.55. The molecule has 4 aromatic rings. The third-order valence-electron chi connectivity index (χ3n) is 3.69. The van der Waals surface area contributed by atoms with Crippen LogP contribution in [0.15, 0.2) is 75.1 Å². The second-order valence-electron chi connectivity index (χ2n) is 5.61. The van der Waals surface area contributed by atoms with Gasteiger partial charge >= 0.3 is 0 Å². The van der Waals surface area contributed by atoms with Crippen molar-refractivity contribution in [2.75, 3.05) is 0 Å². The largest absolute Gasteiger partial charge is 0.338 e. The Balaban J connectivity index is 1.51. The molecule has 2 aromatic carbocycles. The number of aromatic nitrogens is 4. The Morgan fingerprint density at radius 2 is 1.78 bits per heavy atom. The highest BCUT2D eigenvalue weighted by atomic mass is 32.2. The van der Waals surface area contributed by atoms with Crippen molar-refractivity contribution in [2.24, 2.45) is 0 Å². The summed E-state index contributed by atoms with van der Waals surface area (Å²) in [6.45, 7) is 0. The van der Waals surface area contributed by atoms with Crippen LogP contribution in [0.3, 0.4) is 0 Å². The summed E-state index contributed by atoms with van der Waals surface area (Å²) in [6, 6.07) is 16.7. The maximum Gasteiger partial charge on any atom is 0.252 e. The first-order valence-electron chi connectivity index (χ1n) is 8.05. The van der Waals surface area contributed by atoms with E-state index in [0.29, 0.717) is 33.9 Å².